The zero-order chi connectivity index (χ0) is 27.1. The predicted molar refractivity (Wildman–Crippen MR) is 155 cm³/mol. The minimum absolute atomic E-state index is 0.294. The largest absolute Gasteiger partial charge is 0.492 e. The maximum absolute atomic E-state index is 12.5. The van der Waals surface area contributed by atoms with E-state index in [1.807, 2.05) is 60.8 Å². The van der Waals surface area contributed by atoms with Gasteiger partial charge in [0, 0.05) is 74.0 Å². The third kappa shape index (κ3) is 6.47. The number of likely N-dealkylation sites (tertiary alicyclic amines) is 1. The lowest BCUT2D eigenvalue weighted by Crippen LogP contribution is -2.55. The number of aromatic nitrogens is 3. The van der Waals surface area contributed by atoms with E-state index in [9.17, 15) is 4.39 Å². The highest BCUT2D eigenvalue weighted by molar-refractivity contribution is 5.91. The van der Waals surface area contributed by atoms with E-state index >= 15 is 0 Å². The lowest BCUT2D eigenvalue weighted by Gasteiger charge is -2.39. The second-order valence-corrected chi connectivity index (χ2v) is 10.1. The number of benzene rings is 2. The Kier molecular flexibility index (Phi) is 8.27. The van der Waals surface area contributed by atoms with E-state index in [0.29, 0.717) is 25.1 Å². The molecule has 2 aliphatic rings. The smallest absolute Gasteiger partial charge is 0.227 e. The Morgan fingerprint density at radius 3 is 2.60 bits per heavy atom. The summed E-state index contributed by atoms with van der Waals surface area (Å²) in [4.78, 5) is 18.5. The zero-order valence-corrected chi connectivity index (χ0v) is 22.4. The van der Waals surface area contributed by atoms with Gasteiger partial charge in [-0.15, -0.1) is 0 Å². The van der Waals surface area contributed by atoms with Crippen molar-refractivity contribution in [3.8, 4) is 17.0 Å². The van der Waals surface area contributed by atoms with Crippen molar-refractivity contribution in [1.29, 1.82) is 0 Å². The number of anilines is 3. The summed E-state index contributed by atoms with van der Waals surface area (Å²) in [7, 11) is 0. The molecule has 2 aliphatic heterocycles. The van der Waals surface area contributed by atoms with Crippen molar-refractivity contribution in [3.05, 3.63) is 67.0 Å². The van der Waals surface area contributed by atoms with Gasteiger partial charge in [-0.1, -0.05) is 12.1 Å². The molecule has 40 heavy (non-hydrogen) atoms. The highest BCUT2D eigenvalue weighted by Gasteiger charge is 2.25. The number of hydrogen-bond acceptors (Lipinski definition) is 9. The van der Waals surface area contributed by atoms with Crippen LogP contribution in [0.25, 0.3) is 22.2 Å². The summed E-state index contributed by atoms with van der Waals surface area (Å²) in [5.74, 6) is 1.31. The van der Waals surface area contributed by atoms with Gasteiger partial charge in [-0.2, -0.15) is 0 Å². The summed E-state index contributed by atoms with van der Waals surface area (Å²) in [6.07, 6.45) is 3.60. The summed E-state index contributed by atoms with van der Waals surface area (Å²) in [6, 6.07) is 18.3. The third-order valence-corrected chi connectivity index (χ3v) is 7.26. The van der Waals surface area contributed by atoms with Crippen LogP contribution in [0.5, 0.6) is 5.75 Å². The van der Waals surface area contributed by atoms with Gasteiger partial charge in [-0.05, 0) is 42.5 Å². The maximum atomic E-state index is 12.5. The van der Waals surface area contributed by atoms with Crippen LogP contribution >= 0.6 is 0 Å². The molecule has 4 aromatic rings. The van der Waals surface area contributed by atoms with Crippen molar-refractivity contribution in [2.24, 2.45) is 0 Å². The van der Waals surface area contributed by atoms with Gasteiger partial charge >= 0.3 is 0 Å². The first-order chi connectivity index (χ1) is 19.7. The second kappa shape index (κ2) is 12.5. The number of alkyl halides is 1. The SMILES string of the molecule is FCCN1CC(Nc2ccc(Nc3ncc4ccnc(-c5cccc(OCCN6CCOCC6)c5)c4n3)cc2)C1. The Labute approximate surface area is 233 Å². The fraction of sp³-hybridized carbons (Fsp3) is 0.367. The molecule has 0 saturated carbocycles. The Morgan fingerprint density at radius 2 is 1.77 bits per heavy atom. The summed E-state index contributed by atoms with van der Waals surface area (Å²) in [6.45, 7) is 6.91. The number of morpholine rings is 1. The molecular weight excluding hydrogens is 509 g/mol. The quantitative estimate of drug-likeness (QED) is 0.289. The summed E-state index contributed by atoms with van der Waals surface area (Å²) < 4.78 is 23.9. The van der Waals surface area contributed by atoms with Crippen molar-refractivity contribution in [2.75, 3.05) is 76.4 Å². The molecule has 0 amide bonds. The van der Waals surface area contributed by atoms with Crippen LogP contribution in [0.3, 0.4) is 0 Å². The molecule has 208 valence electrons. The summed E-state index contributed by atoms with van der Waals surface area (Å²) in [5, 5.41) is 7.72. The molecule has 4 heterocycles. The van der Waals surface area contributed by atoms with Gasteiger partial charge in [0.25, 0.3) is 0 Å². The van der Waals surface area contributed by atoms with Gasteiger partial charge in [0.15, 0.2) is 0 Å². The van der Waals surface area contributed by atoms with Crippen LogP contribution in [0.4, 0.5) is 21.7 Å². The molecule has 0 unspecified atom stereocenters. The zero-order valence-electron chi connectivity index (χ0n) is 22.4. The normalized spacial score (nSPS) is 16.5. The van der Waals surface area contributed by atoms with E-state index in [0.717, 1.165) is 85.2 Å². The molecule has 2 fully saturated rings. The molecule has 6 rings (SSSR count). The van der Waals surface area contributed by atoms with Gasteiger partial charge < -0.3 is 20.1 Å². The van der Waals surface area contributed by atoms with Crippen molar-refractivity contribution in [3.63, 3.8) is 0 Å². The molecule has 0 aliphatic carbocycles. The summed E-state index contributed by atoms with van der Waals surface area (Å²) in [5.41, 5.74) is 4.41. The predicted octanol–water partition coefficient (Wildman–Crippen LogP) is 4.21. The second-order valence-electron chi connectivity index (χ2n) is 10.1. The minimum atomic E-state index is -0.294. The lowest BCUT2D eigenvalue weighted by atomic mass is 10.1. The Bertz CT molecular complexity index is 1410. The maximum Gasteiger partial charge on any atom is 0.227 e. The molecular formula is C30H34FN7O2. The number of ether oxygens (including phenoxy) is 2. The van der Waals surface area contributed by atoms with Gasteiger partial charge in [-0.25, -0.2) is 14.4 Å². The molecule has 2 aromatic heterocycles. The first-order valence-corrected chi connectivity index (χ1v) is 13.8. The molecule has 10 heteroatoms. The fourth-order valence-electron chi connectivity index (χ4n) is 5.06. The van der Waals surface area contributed by atoms with E-state index in [-0.39, 0.29) is 6.67 Å². The highest BCUT2D eigenvalue weighted by Crippen LogP contribution is 2.29. The third-order valence-electron chi connectivity index (χ3n) is 7.26. The van der Waals surface area contributed by atoms with Crippen LogP contribution in [-0.4, -0.2) is 96.6 Å². The molecule has 2 aromatic carbocycles. The number of halogens is 1. The first-order valence-electron chi connectivity index (χ1n) is 13.8. The van der Waals surface area contributed by atoms with Crippen LogP contribution in [0, 0.1) is 0 Å². The average Bonchev–Trinajstić information content (AvgIpc) is 2.97. The molecule has 0 spiro atoms. The van der Waals surface area contributed by atoms with Crippen molar-refractivity contribution in [1.82, 2.24) is 24.8 Å². The van der Waals surface area contributed by atoms with E-state index in [1.165, 1.54) is 0 Å². The molecule has 0 radical (unpaired) electrons. The van der Waals surface area contributed by atoms with Crippen LogP contribution < -0.4 is 15.4 Å². The topological polar surface area (TPSA) is 87.7 Å². The standard InChI is InChI=1S/C30H34FN7O2/c31-9-11-38-20-26(21-38)34-24-4-6-25(7-5-24)35-30-33-19-23-8-10-32-28(29(23)36-30)22-2-1-3-27(18-22)40-17-14-37-12-15-39-16-13-37/h1-8,10,18-19,26,34H,9,11-17,20-21H2,(H,33,35,36). The van der Waals surface area contributed by atoms with Crippen LogP contribution in [-0.2, 0) is 4.74 Å². The molecule has 2 N–H and O–H groups in total. The Hall–Kier alpha value is -3.86. The van der Waals surface area contributed by atoms with E-state index < -0.39 is 0 Å². The number of pyridine rings is 1. The number of rotatable bonds is 11. The average molecular weight is 544 g/mol. The van der Waals surface area contributed by atoms with Crippen LogP contribution in [0.15, 0.2) is 67.0 Å². The van der Waals surface area contributed by atoms with Crippen LogP contribution in [0.1, 0.15) is 0 Å². The molecule has 2 saturated heterocycles. The number of nitrogens with one attached hydrogen (secondary N) is 2. The summed E-state index contributed by atoms with van der Waals surface area (Å²) >= 11 is 0. The van der Waals surface area contributed by atoms with Gasteiger partial charge in [-0.3, -0.25) is 14.8 Å². The van der Waals surface area contributed by atoms with Gasteiger partial charge in [0.1, 0.15) is 24.5 Å². The van der Waals surface area contributed by atoms with Crippen molar-refractivity contribution < 1.29 is 13.9 Å². The molecule has 0 atom stereocenters. The van der Waals surface area contributed by atoms with Crippen LogP contribution in [0.2, 0.25) is 0 Å². The van der Waals surface area contributed by atoms with E-state index in [4.69, 9.17) is 14.5 Å². The van der Waals surface area contributed by atoms with Gasteiger partial charge in [0.05, 0.1) is 24.9 Å². The van der Waals surface area contributed by atoms with E-state index in [1.54, 1.807) is 6.20 Å². The number of hydrogen-bond donors (Lipinski definition) is 2. The Morgan fingerprint density at radius 1 is 0.950 bits per heavy atom. The minimum Gasteiger partial charge on any atom is -0.492 e. The van der Waals surface area contributed by atoms with Gasteiger partial charge in [0.2, 0.25) is 5.95 Å². The lowest BCUT2D eigenvalue weighted by molar-refractivity contribution is 0.0322. The molecule has 0 bridgehead atoms. The van der Waals surface area contributed by atoms with Crippen molar-refractivity contribution in [2.45, 2.75) is 6.04 Å². The van der Waals surface area contributed by atoms with E-state index in [2.05, 4.69) is 30.4 Å². The number of fused-ring (bicyclic) bond motifs is 1. The Balaban J connectivity index is 1.12. The number of nitrogens with zero attached hydrogens (tertiary/aromatic N) is 5. The van der Waals surface area contributed by atoms with Crippen molar-refractivity contribution >= 4 is 28.2 Å². The highest BCUT2D eigenvalue weighted by atomic mass is 19.1. The molecule has 9 nitrogen and oxygen atoms in total. The monoisotopic (exact) mass is 543 g/mol. The first kappa shape index (κ1) is 26.4. The fourth-order valence-corrected chi connectivity index (χ4v) is 5.06.